The molecule has 80 valence electrons. The molecule has 1 aliphatic heterocycles. The largest absolute Gasteiger partial charge is 0.387 e. The zero-order chi connectivity index (χ0) is 10.7. The molecule has 1 aromatic rings. The van der Waals surface area contributed by atoms with Gasteiger partial charge in [0.05, 0.1) is 5.94 Å². The quantitative estimate of drug-likeness (QED) is 0.683. The van der Waals surface area contributed by atoms with Crippen LogP contribution in [0.3, 0.4) is 0 Å². The lowest BCUT2D eigenvalue weighted by Gasteiger charge is -2.17. The van der Waals surface area contributed by atoms with Gasteiger partial charge in [0.15, 0.2) is 0 Å². The average molecular weight is 221 g/mol. The molecule has 0 aromatic heterocycles. The van der Waals surface area contributed by atoms with Crippen LogP contribution < -0.4 is 5.73 Å². The SMILES string of the molecule is NCc1ccccc1C1=CC=C[SH]1CO. The minimum Gasteiger partial charge on any atom is -0.387 e. The van der Waals surface area contributed by atoms with Crippen molar-refractivity contribution < 1.29 is 5.11 Å². The Balaban J connectivity index is 2.38. The highest BCUT2D eigenvalue weighted by Crippen LogP contribution is 2.46. The predicted octanol–water partition coefficient (Wildman–Crippen LogP) is 1.96. The molecule has 1 atom stereocenters. The van der Waals surface area contributed by atoms with Crippen LogP contribution in [-0.2, 0) is 6.54 Å². The van der Waals surface area contributed by atoms with Gasteiger partial charge in [0.2, 0.25) is 0 Å². The van der Waals surface area contributed by atoms with E-state index in [1.807, 2.05) is 24.3 Å². The number of hydrogen-bond donors (Lipinski definition) is 3. The van der Waals surface area contributed by atoms with Crippen molar-refractivity contribution in [3.8, 4) is 0 Å². The summed E-state index contributed by atoms with van der Waals surface area (Å²) in [6, 6.07) is 8.12. The monoisotopic (exact) mass is 221 g/mol. The van der Waals surface area contributed by atoms with Crippen LogP contribution in [0.15, 0.2) is 41.8 Å². The molecule has 2 rings (SSSR count). The Kier molecular flexibility index (Phi) is 3.26. The third-order valence-electron chi connectivity index (χ3n) is 2.50. The minimum atomic E-state index is -0.524. The second-order valence-electron chi connectivity index (χ2n) is 3.37. The first-order chi connectivity index (χ1) is 7.36. The lowest BCUT2D eigenvalue weighted by atomic mass is 10.1. The van der Waals surface area contributed by atoms with Gasteiger partial charge in [-0.15, -0.1) is 0 Å². The third kappa shape index (κ3) is 2.00. The zero-order valence-corrected chi connectivity index (χ0v) is 9.32. The molecule has 1 aromatic carbocycles. The van der Waals surface area contributed by atoms with Crippen LogP contribution in [0, 0.1) is 0 Å². The van der Waals surface area contributed by atoms with E-state index in [0.717, 1.165) is 5.56 Å². The Bertz CT molecular complexity index is 412. The van der Waals surface area contributed by atoms with Gasteiger partial charge in [-0.2, -0.15) is 10.9 Å². The van der Waals surface area contributed by atoms with E-state index in [2.05, 4.69) is 17.6 Å². The van der Waals surface area contributed by atoms with Crippen molar-refractivity contribution in [3.63, 3.8) is 0 Å². The van der Waals surface area contributed by atoms with Gasteiger partial charge in [0.25, 0.3) is 0 Å². The second-order valence-corrected chi connectivity index (χ2v) is 5.37. The minimum absolute atomic E-state index is 0.219. The maximum Gasteiger partial charge on any atom is 0.0780 e. The highest BCUT2D eigenvalue weighted by atomic mass is 32.2. The molecule has 0 amide bonds. The lowest BCUT2D eigenvalue weighted by molar-refractivity contribution is 0.375. The van der Waals surface area contributed by atoms with Crippen molar-refractivity contribution in [2.24, 2.45) is 5.73 Å². The fourth-order valence-corrected chi connectivity index (χ4v) is 3.24. The van der Waals surface area contributed by atoms with Crippen LogP contribution in [0.25, 0.3) is 4.91 Å². The lowest BCUT2D eigenvalue weighted by Crippen LogP contribution is -2.01. The van der Waals surface area contributed by atoms with Gasteiger partial charge in [-0.05, 0) is 22.6 Å². The van der Waals surface area contributed by atoms with Gasteiger partial charge in [-0.3, -0.25) is 0 Å². The number of nitrogens with two attached hydrogens (primary N) is 1. The fourth-order valence-electron chi connectivity index (χ4n) is 1.73. The Hall–Kier alpha value is -1.03. The first-order valence-electron chi connectivity index (χ1n) is 4.91. The molecule has 0 saturated heterocycles. The maximum atomic E-state index is 9.27. The number of thiol groups is 1. The fraction of sp³-hybridized carbons (Fsp3) is 0.167. The van der Waals surface area contributed by atoms with E-state index in [1.165, 1.54) is 10.5 Å². The summed E-state index contributed by atoms with van der Waals surface area (Å²) >= 11 is 0. The van der Waals surface area contributed by atoms with Crippen LogP contribution in [0.1, 0.15) is 11.1 Å². The normalized spacial score (nSPS) is 21.7. The predicted molar refractivity (Wildman–Crippen MR) is 67.5 cm³/mol. The number of hydrogen-bond acceptors (Lipinski definition) is 2. The van der Waals surface area contributed by atoms with Gasteiger partial charge in [-0.25, -0.2) is 0 Å². The first kappa shape index (κ1) is 10.5. The number of rotatable bonds is 3. The van der Waals surface area contributed by atoms with Crippen molar-refractivity contribution in [1.82, 2.24) is 0 Å². The van der Waals surface area contributed by atoms with Gasteiger partial charge < -0.3 is 10.8 Å². The molecule has 3 N–H and O–H groups in total. The number of aliphatic hydroxyl groups excluding tert-OH is 1. The standard InChI is InChI=1S/C12H15NOS/c13-8-10-4-1-2-5-11(10)12-6-3-7-15(12)9-14/h1-7,14-15H,8-9,13H2. The highest BCUT2D eigenvalue weighted by Gasteiger charge is 2.14. The summed E-state index contributed by atoms with van der Waals surface area (Å²) < 4.78 is 0. The van der Waals surface area contributed by atoms with Crippen LogP contribution in [0.4, 0.5) is 0 Å². The Morgan fingerprint density at radius 2 is 2.07 bits per heavy atom. The van der Waals surface area contributed by atoms with Crippen molar-refractivity contribution in [3.05, 3.63) is 53.0 Å². The molecule has 1 aliphatic rings. The van der Waals surface area contributed by atoms with Crippen molar-refractivity contribution in [1.29, 1.82) is 0 Å². The average Bonchev–Trinajstić information content (AvgIpc) is 2.76. The van der Waals surface area contributed by atoms with E-state index in [-0.39, 0.29) is 5.94 Å². The Morgan fingerprint density at radius 3 is 2.80 bits per heavy atom. The van der Waals surface area contributed by atoms with Crippen LogP contribution >= 0.6 is 10.9 Å². The highest BCUT2D eigenvalue weighted by molar-refractivity contribution is 8.27. The van der Waals surface area contributed by atoms with E-state index in [0.29, 0.717) is 6.54 Å². The molecule has 15 heavy (non-hydrogen) atoms. The summed E-state index contributed by atoms with van der Waals surface area (Å²) in [6.45, 7) is 0.544. The van der Waals surface area contributed by atoms with Crippen LogP contribution in [0.2, 0.25) is 0 Å². The molecule has 2 nitrogen and oxygen atoms in total. The molecule has 0 fully saturated rings. The molecule has 3 heteroatoms. The summed E-state index contributed by atoms with van der Waals surface area (Å²) in [7, 11) is -0.524. The Morgan fingerprint density at radius 1 is 1.27 bits per heavy atom. The molecule has 1 heterocycles. The topological polar surface area (TPSA) is 46.2 Å². The van der Waals surface area contributed by atoms with Gasteiger partial charge >= 0.3 is 0 Å². The summed E-state index contributed by atoms with van der Waals surface area (Å²) in [5.41, 5.74) is 8.03. The molecular weight excluding hydrogens is 206 g/mol. The molecule has 0 bridgehead atoms. The molecule has 0 spiro atoms. The summed E-state index contributed by atoms with van der Waals surface area (Å²) in [4.78, 5) is 1.23. The molecule has 0 radical (unpaired) electrons. The van der Waals surface area contributed by atoms with E-state index in [1.54, 1.807) is 0 Å². The number of aliphatic hydroxyl groups is 1. The van der Waals surface area contributed by atoms with E-state index >= 15 is 0 Å². The maximum absolute atomic E-state index is 9.27. The van der Waals surface area contributed by atoms with Crippen LogP contribution in [0.5, 0.6) is 0 Å². The summed E-state index contributed by atoms with van der Waals surface area (Å²) in [5, 5.41) is 11.3. The molecule has 0 aliphatic carbocycles. The van der Waals surface area contributed by atoms with Gasteiger partial charge in [-0.1, -0.05) is 30.3 Å². The van der Waals surface area contributed by atoms with Crippen molar-refractivity contribution >= 4 is 15.8 Å². The number of allylic oxidation sites excluding steroid dienone is 2. The molecular formula is C12H15NOS. The van der Waals surface area contributed by atoms with Crippen molar-refractivity contribution in [2.75, 3.05) is 5.94 Å². The van der Waals surface area contributed by atoms with Gasteiger partial charge in [0.1, 0.15) is 0 Å². The molecule has 1 unspecified atom stereocenters. The third-order valence-corrected chi connectivity index (χ3v) is 4.34. The van der Waals surface area contributed by atoms with E-state index in [4.69, 9.17) is 5.73 Å². The summed E-state index contributed by atoms with van der Waals surface area (Å²) in [6.07, 6.45) is 4.10. The van der Waals surface area contributed by atoms with E-state index in [9.17, 15) is 5.11 Å². The second kappa shape index (κ2) is 4.66. The van der Waals surface area contributed by atoms with Crippen molar-refractivity contribution in [2.45, 2.75) is 6.54 Å². The van der Waals surface area contributed by atoms with Crippen LogP contribution in [-0.4, -0.2) is 11.0 Å². The van der Waals surface area contributed by atoms with E-state index < -0.39 is 10.9 Å². The number of benzene rings is 1. The first-order valence-corrected chi connectivity index (χ1v) is 6.50. The summed E-state index contributed by atoms with van der Waals surface area (Å²) in [5.74, 6) is 0.219. The van der Waals surface area contributed by atoms with Gasteiger partial charge in [0, 0.05) is 11.4 Å². The zero-order valence-electron chi connectivity index (χ0n) is 8.43. The molecule has 0 saturated carbocycles. The smallest absolute Gasteiger partial charge is 0.0780 e. The Labute approximate surface area is 92.5 Å².